The van der Waals surface area contributed by atoms with Crippen LogP contribution < -0.4 is 5.73 Å². The van der Waals surface area contributed by atoms with Crippen LogP contribution in [0.1, 0.15) is 24.0 Å². The maximum atomic E-state index is 12.6. The topological polar surface area (TPSA) is 46.3 Å². The fourth-order valence-corrected chi connectivity index (χ4v) is 2.45. The Balaban J connectivity index is 2.09. The molecule has 1 fully saturated rings. The molecule has 1 aromatic rings. The third-order valence-corrected chi connectivity index (χ3v) is 3.56. The molecule has 1 amide bonds. The van der Waals surface area contributed by atoms with Crippen molar-refractivity contribution in [3.8, 4) is 0 Å². The van der Waals surface area contributed by atoms with Crippen LogP contribution in [-0.4, -0.2) is 29.9 Å². The predicted octanol–water partition coefficient (Wildman–Crippen LogP) is 2.67. The molecule has 0 spiro atoms. The Kier molecular flexibility index (Phi) is 4.67. The molecule has 1 aromatic carbocycles. The third-order valence-electron chi connectivity index (χ3n) is 3.56. The van der Waals surface area contributed by atoms with Gasteiger partial charge in [0.05, 0.1) is 5.56 Å². The number of amides is 1. The number of hydrogen-bond donors (Lipinski definition) is 1. The van der Waals surface area contributed by atoms with Crippen molar-refractivity contribution in [2.75, 3.05) is 13.1 Å². The maximum absolute atomic E-state index is 12.6. The van der Waals surface area contributed by atoms with E-state index in [0.717, 1.165) is 25.0 Å². The fraction of sp³-hybridized carbons (Fsp3) is 0.400. The average Bonchev–Trinajstić information content (AvgIpc) is 2.92. The molecule has 1 aliphatic heterocycles. The van der Waals surface area contributed by atoms with Gasteiger partial charge in [-0.05, 0) is 36.6 Å². The summed E-state index contributed by atoms with van der Waals surface area (Å²) in [6, 6.07) is 4.91. The van der Waals surface area contributed by atoms with Gasteiger partial charge in [0.15, 0.2) is 0 Å². The van der Waals surface area contributed by atoms with E-state index in [1.165, 1.54) is 24.3 Å². The Morgan fingerprint density at radius 2 is 2.19 bits per heavy atom. The molecule has 1 saturated heterocycles. The normalized spacial score (nSPS) is 19.4. The molecular formula is C15H17F3N2O. The number of likely N-dealkylation sites (tertiary alicyclic amines) is 1. The monoisotopic (exact) mass is 298 g/mol. The van der Waals surface area contributed by atoms with Gasteiger partial charge in [0.25, 0.3) is 0 Å². The van der Waals surface area contributed by atoms with E-state index in [-0.39, 0.29) is 11.9 Å². The molecule has 2 N–H and O–H groups in total. The van der Waals surface area contributed by atoms with Crippen LogP contribution in [0.4, 0.5) is 13.2 Å². The Labute approximate surface area is 121 Å². The summed E-state index contributed by atoms with van der Waals surface area (Å²) in [5, 5.41) is 0. The van der Waals surface area contributed by atoms with E-state index < -0.39 is 11.7 Å². The van der Waals surface area contributed by atoms with Crippen LogP contribution in [-0.2, 0) is 11.0 Å². The van der Waals surface area contributed by atoms with Gasteiger partial charge < -0.3 is 10.6 Å². The van der Waals surface area contributed by atoms with Gasteiger partial charge in [0, 0.05) is 25.2 Å². The summed E-state index contributed by atoms with van der Waals surface area (Å²) in [4.78, 5) is 13.7. The zero-order valence-electron chi connectivity index (χ0n) is 11.4. The van der Waals surface area contributed by atoms with Crippen LogP contribution in [0.25, 0.3) is 6.08 Å². The minimum absolute atomic E-state index is 0.0312. The summed E-state index contributed by atoms with van der Waals surface area (Å²) in [5.74, 6) is -0.208. The van der Waals surface area contributed by atoms with E-state index in [0.29, 0.717) is 18.7 Å². The van der Waals surface area contributed by atoms with Crippen molar-refractivity contribution < 1.29 is 18.0 Å². The molecule has 0 saturated carbocycles. The highest BCUT2D eigenvalue weighted by molar-refractivity contribution is 5.92. The van der Waals surface area contributed by atoms with Crippen LogP contribution >= 0.6 is 0 Å². The predicted molar refractivity (Wildman–Crippen MR) is 74.3 cm³/mol. The lowest BCUT2D eigenvalue weighted by Crippen LogP contribution is -2.38. The van der Waals surface area contributed by atoms with Crippen LogP contribution in [0.3, 0.4) is 0 Å². The van der Waals surface area contributed by atoms with Gasteiger partial charge in [-0.15, -0.1) is 0 Å². The van der Waals surface area contributed by atoms with Gasteiger partial charge in [-0.2, -0.15) is 13.2 Å². The van der Waals surface area contributed by atoms with E-state index in [4.69, 9.17) is 5.73 Å². The molecule has 1 unspecified atom stereocenters. The first-order valence-corrected chi connectivity index (χ1v) is 6.78. The number of hydrogen-bond acceptors (Lipinski definition) is 2. The second-order valence-electron chi connectivity index (χ2n) is 5.02. The second kappa shape index (κ2) is 6.30. The van der Waals surface area contributed by atoms with Gasteiger partial charge in [0.2, 0.25) is 5.91 Å². The van der Waals surface area contributed by atoms with Crippen LogP contribution in [0.2, 0.25) is 0 Å². The third kappa shape index (κ3) is 3.85. The number of carbonyl (C=O) groups excluding carboxylic acids is 1. The fourth-order valence-electron chi connectivity index (χ4n) is 2.45. The second-order valence-corrected chi connectivity index (χ2v) is 5.02. The number of alkyl halides is 3. The molecule has 0 aromatic heterocycles. The molecule has 0 aliphatic carbocycles. The zero-order chi connectivity index (χ0) is 15.5. The Hall–Kier alpha value is -1.82. The van der Waals surface area contributed by atoms with Crippen molar-refractivity contribution in [3.05, 3.63) is 41.5 Å². The highest BCUT2D eigenvalue weighted by Gasteiger charge is 2.30. The van der Waals surface area contributed by atoms with Gasteiger partial charge >= 0.3 is 6.18 Å². The van der Waals surface area contributed by atoms with Crippen LogP contribution in [0.15, 0.2) is 30.3 Å². The van der Waals surface area contributed by atoms with Crippen molar-refractivity contribution in [1.29, 1.82) is 0 Å². The number of benzene rings is 1. The van der Waals surface area contributed by atoms with E-state index in [9.17, 15) is 18.0 Å². The van der Waals surface area contributed by atoms with Gasteiger partial charge in [0.1, 0.15) is 0 Å². The Morgan fingerprint density at radius 3 is 2.86 bits per heavy atom. The van der Waals surface area contributed by atoms with E-state index in [2.05, 4.69) is 0 Å². The first kappa shape index (κ1) is 15.6. The molecule has 1 atom stereocenters. The van der Waals surface area contributed by atoms with Gasteiger partial charge in [-0.1, -0.05) is 12.1 Å². The summed E-state index contributed by atoms with van der Waals surface area (Å²) in [7, 11) is 0. The summed E-state index contributed by atoms with van der Waals surface area (Å²) in [5.41, 5.74) is 5.22. The number of nitrogens with two attached hydrogens (primary N) is 1. The lowest BCUT2D eigenvalue weighted by molar-refractivity contribution is -0.137. The summed E-state index contributed by atoms with van der Waals surface area (Å²) >= 11 is 0. The minimum atomic E-state index is -4.38. The molecule has 1 aliphatic rings. The molecule has 0 bridgehead atoms. The molecule has 21 heavy (non-hydrogen) atoms. The van der Waals surface area contributed by atoms with E-state index >= 15 is 0 Å². The molecule has 6 heteroatoms. The number of nitrogens with zero attached hydrogens (tertiary/aromatic N) is 1. The van der Waals surface area contributed by atoms with E-state index in [1.807, 2.05) is 0 Å². The molecule has 1 heterocycles. The molecule has 3 nitrogen and oxygen atoms in total. The molecule has 114 valence electrons. The van der Waals surface area contributed by atoms with Crippen molar-refractivity contribution in [2.45, 2.75) is 25.1 Å². The summed E-state index contributed by atoms with van der Waals surface area (Å²) in [6.07, 6.45) is 0.116. The van der Waals surface area contributed by atoms with Crippen LogP contribution in [0, 0.1) is 0 Å². The Morgan fingerprint density at radius 1 is 1.43 bits per heavy atom. The van der Waals surface area contributed by atoms with E-state index in [1.54, 1.807) is 4.90 Å². The van der Waals surface area contributed by atoms with Gasteiger partial charge in [-0.3, -0.25) is 4.79 Å². The molecular weight excluding hydrogens is 281 g/mol. The number of carbonyl (C=O) groups is 1. The maximum Gasteiger partial charge on any atom is 0.416 e. The Bertz CT molecular complexity index is 540. The molecule has 0 radical (unpaired) electrons. The lowest BCUT2D eigenvalue weighted by Gasteiger charge is -2.21. The number of halogens is 3. The van der Waals surface area contributed by atoms with Gasteiger partial charge in [-0.25, -0.2) is 0 Å². The quantitative estimate of drug-likeness (QED) is 0.872. The van der Waals surface area contributed by atoms with Crippen molar-refractivity contribution in [1.82, 2.24) is 4.90 Å². The van der Waals surface area contributed by atoms with Crippen molar-refractivity contribution in [2.24, 2.45) is 5.73 Å². The first-order chi connectivity index (χ1) is 9.91. The van der Waals surface area contributed by atoms with Crippen molar-refractivity contribution in [3.63, 3.8) is 0 Å². The average molecular weight is 298 g/mol. The SMILES string of the molecule is NCC1CCCN1C(=O)/C=C/c1cccc(C(F)(F)F)c1. The van der Waals surface area contributed by atoms with Crippen LogP contribution in [0.5, 0.6) is 0 Å². The summed E-state index contributed by atoms with van der Waals surface area (Å²) < 4.78 is 37.8. The largest absolute Gasteiger partial charge is 0.416 e. The highest BCUT2D eigenvalue weighted by Crippen LogP contribution is 2.29. The smallest absolute Gasteiger partial charge is 0.335 e. The number of rotatable bonds is 3. The highest BCUT2D eigenvalue weighted by atomic mass is 19.4. The standard InChI is InChI=1S/C15H17F3N2O/c16-15(17,18)12-4-1-3-11(9-12)6-7-14(21)20-8-2-5-13(20)10-19/h1,3-4,6-7,9,13H,2,5,8,10,19H2/b7-6+. The summed E-state index contributed by atoms with van der Waals surface area (Å²) in [6.45, 7) is 1.05. The minimum Gasteiger partial charge on any atom is -0.335 e. The molecule has 2 rings (SSSR count). The lowest BCUT2D eigenvalue weighted by atomic mass is 10.1. The first-order valence-electron chi connectivity index (χ1n) is 6.78. The van der Waals surface area contributed by atoms with Crippen molar-refractivity contribution >= 4 is 12.0 Å². The zero-order valence-corrected chi connectivity index (χ0v) is 11.4.